The summed E-state index contributed by atoms with van der Waals surface area (Å²) in [6.45, 7) is 8.65. The van der Waals surface area contributed by atoms with Gasteiger partial charge in [-0.25, -0.2) is 0 Å². The van der Waals surface area contributed by atoms with E-state index in [1.54, 1.807) is 7.11 Å². The van der Waals surface area contributed by atoms with Gasteiger partial charge in [0.1, 0.15) is 5.75 Å². The van der Waals surface area contributed by atoms with Crippen LogP contribution in [0.3, 0.4) is 0 Å². The van der Waals surface area contributed by atoms with Gasteiger partial charge in [0.25, 0.3) is 0 Å². The van der Waals surface area contributed by atoms with Crippen molar-refractivity contribution < 1.29 is 9.47 Å². The Morgan fingerprint density at radius 3 is 2.41 bits per heavy atom. The fraction of sp³-hybridized carbons (Fsp3) is 0.571. The lowest BCUT2D eigenvalue weighted by atomic mass is 10.0. The molecule has 0 aliphatic carbocycles. The number of aryl methyl sites for hydroxylation is 1. The van der Waals surface area contributed by atoms with E-state index in [2.05, 4.69) is 0 Å². The van der Waals surface area contributed by atoms with E-state index in [0.29, 0.717) is 6.61 Å². The molecule has 0 saturated heterocycles. The predicted octanol–water partition coefficient (Wildman–Crippen LogP) is 2.82. The molecule has 17 heavy (non-hydrogen) atoms. The van der Waals surface area contributed by atoms with Crippen LogP contribution in [0.5, 0.6) is 5.75 Å². The standard InChI is InChI=1S/C14H23NO2/c1-10-8-11(16-5)6-7-12(10)13(15)9-17-14(2,3)4/h6-8,13H,9,15H2,1-5H3. The van der Waals surface area contributed by atoms with Crippen LogP contribution >= 0.6 is 0 Å². The molecular weight excluding hydrogens is 214 g/mol. The predicted molar refractivity (Wildman–Crippen MR) is 70.4 cm³/mol. The number of rotatable bonds is 4. The number of methoxy groups -OCH3 is 1. The normalized spacial score (nSPS) is 13.5. The molecule has 96 valence electrons. The third kappa shape index (κ3) is 4.36. The Morgan fingerprint density at radius 2 is 1.94 bits per heavy atom. The Balaban J connectivity index is 2.72. The maximum atomic E-state index is 6.13. The molecule has 3 nitrogen and oxygen atoms in total. The molecule has 0 spiro atoms. The van der Waals surface area contributed by atoms with Crippen molar-refractivity contribution in [1.82, 2.24) is 0 Å². The molecule has 0 saturated carbocycles. The van der Waals surface area contributed by atoms with Crippen LogP contribution in [0.25, 0.3) is 0 Å². The molecule has 0 bridgehead atoms. The molecule has 0 aliphatic rings. The van der Waals surface area contributed by atoms with Gasteiger partial charge in [-0.15, -0.1) is 0 Å². The van der Waals surface area contributed by atoms with E-state index in [-0.39, 0.29) is 11.6 Å². The zero-order valence-electron chi connectivity index (χ0n) is 11.4. The lowest BCUT2D eigenvalue weighted by molar-refractivity contribution is -0.0103. The Labute approximate surface area is 104 Å². The highest BCUT2D eigenvalue weighted by atomic mass is 16.5. The molecular formula is C14H23NO2. The molecule has 0 aliphatic heterocycles. The van der Waals surface area contributed by atoms with Crippen molar-refractivity contribution in [2.75, 3.05) is 13.7 Å². The maximum Gasteiger partial charge on any atom is 0.119 e. The summed E-state index contributed by atoms with van der Waals surface area (Å²) in [6.07, 6.45) is 0. The van der Waals surface area contributed by atoms with Gasteiger partial charge in [-0.1, -0.05) is 6.07 Å². The van der Waals surface area contributed by atoms with E-state index < -0.39 is 0 Å². The molecule has 1 unspecified atom stereocenters. The fourth-order valence-corrected chi connectivity index (χ4v) is 1.62. The van der Waals surface area contributed by atoms with Crippen molar-refractivity contribution in [3.05, 3.63) is 29.3 Å². The molecule has 1 atom stereocenters. The lowest BCUT2D eigenvalue weighted by Crippen LogP contribution is -2.26. The van der Waals surface area contributed by atoms with E-state index in [4.69, 9.17) is 15.2 Å². The van der Waals surface area contributed by atoms with E-state index in [9.17, 15) is 0 Å². The number of benzene rings is 1. The Morgan fingerprint density at radius 1 is 1.29 bits per heavy atom. The second-order valence-corrected chi connectivity index (χ2v) is 5.25. The summed E-state index contributed by atoms with van der Waals surface area (Å²) in [5.41, 5.74) is 8.21. The van der Waals surface area contributed by atoms with Crippen molar-refractivity contribution >= 4 is 0 Å². The van der Waals surface area contributed by atoms with Gasteiger partial charge in [0.2, 0.25) is 0 Å². The summed E-state index contributed by atoms with van der Waals surface area (Å²) in [5.74, 6) is 0.857. The van der Waals surface area contributed by atoms with Crippen molar-refractivity contribution in [2.24, 2.45) is 5.73 Å². The topological polar surface area (TPSA) is 44.5 Å². The van der Waals surface area contributed by atoms with Crippen LogP contribution in [0.1, 0.15) is 37.9 Å². The van der Waals surface area contributed by atoms with E-state index in [0.717, 1.165) is 16.9 Å². The van der Waals surface area contributed by atoms with Crippen molar-refractivity contribution in [3.8, 4) is 5.75 Å². The van der Waals surface area contributed by atoms with Gasteiger partial charge in [-0.3, -0.25) is 0 Å². The van der Waals surface area contributed by atoms with Crippen molar-refractivity contribution in [3.63, 3.8) is 0 Å². The molecule has 0 radical (unpaired) electrons. The fourth-order valence-electron chi connectivity index (χ4n) is 1.62. The Bertz CT molecular complexity index is 369. The SMILES string of the molecule is COc1ccc(C(N)COC(C)(C)C)c(C)c1. The maximum absolute atomic E-state index is 6.13. The third-order valence-corrected chi connectivity index (χ3v) is 2.57. The molecule has 0 heterocycles. The first kappa shape index (κ1) is 14.0. The molecule has 0 amide bonds. The highest BCUT2D eigenvalue weighted by Crippen LogP contribution is 2.22. The second-order valence-electron chi connectivity index (χ2n) is 5.25. The van der Waals surface area contributed by atoms with Crippen LogP contribution in [-0.4, -0.2) is 19.3 Å². The largest absolute Gasteiger partial charge is 0.497 e. The van der Waals surface area contributed by atoms with E-state index in [1.807, 2.05) is 45.9 Å². The van der Waals surface area contributed by atoms with Gasteiger partial charge in [-0.05, 0) is 51.0 Å². The second kappa shape index (κ2) is 5.52. The smallest absolute Gasteiger partial charge is 0.119 e. The number of ether oxygens (including phenoxy) is 2. The molecule has 1 aromatic rings. The van der Waals surface area contributed by atoms with Crippen LogP contribution in [0.15, 0.2) is 18.2 Å². The summed E-state index contributed by atoms with van der Waals surface area (Å²) >= 11 is 0. The monoisotopic (exact) mass is 237 g/mol. The molecule has 3 heteroatoms. The quantitative estimate of drug-likeness (QED) is 0.875. The van der Waals surface area contributed by atoms with Crippen LogP contribution in [-0.2, 0) is 4.74 Å². The van der Waals surface area contributed by atoms with Crippen molar-refractivity contribution in [1.29, 1.82) is 0 Å². The number of hydrogen-bond donors (Lipinski definition) is 1. The Kier molecular flexibility index (Phi) is 4.54. The van der Waals surface area contributed by atoms with Crippen LogP contribution in [0.4, 0.5) is 0 Å². The summed E-state index contributed by atoms with van der Waals surface area (Å²) in [5, 5.41) is 0. The highest BCUT2D eigenvalue weighted by Gasteiger charge is 2.15. The number of hydrogen-bond acceptors (Lipinski definition) is 3. The summed E-state index contributed by atoms with van der Waals surface area (Å²) in [7, 11) is 1.66. The molecule has 1 rings (SSSR count). The minimum atomic E-state index is -0.155. The summed E-state index contributed by atoms with van der Waals surface area (Å²) in [6, 6.07) is 5.83. The first-order valence-corrected chi connectivity index (χ1v) is 5.87. The zero-order valence-corrected chi connectivity index (χ0v) is 11.4. The van der Waals surface area contributed by atoms with Gasteiger partial charge in [-0.2, -0.15) is 0 Å². The molecule has 1 aromatic carbocycles. The van der Waals surface area contributed by atoms with Gasteiger partial charge in [0, 0.05) is 0 Å². The van der Waals surface area contributed by atoms with Gasteiger partial charge >= 0.3 is 0 Å². The van der Waals surface area contributed by atoms with Crippen LogP contribution in [0.2, 0.25) is 0 Å². The van der Waals surface area contributed by atoms with Gasteiger partial charge in [0.15, 0.2) is 0 Å². The van der Waals surface area contributed by atoms with Gasteiger partial charge < -0.3 is 15.2 Å². The number of nitrogens with two attached hydrogens (primary N) is 1. The average Bonchev–Trinajstić information content (AvgIpc) is 2.24. The first-order valence-electron chi connectivity index (χ1n) is 5.87. The van der Waals surface area contributed by atoms with E-state index in [1.165, 1.54) is 0 Å². The lowest BCUT2D eigenvalue weighted by Gasteiger charge is -2.23. The molecule has 0 aromatic heterocycles. The zero-order chi connectivity index (χ0) is 13.1. The van der Waals surface area contributed by atoms with Crippen molar-refractivity contribution in [2.45, 2.75) is 39.3 Å². The van der Waals surface area contributed by atoms with Crippen LogP contribution < -0.4 is 10.5 Å². The minimum Gasteiger partial charge on any atom is -0.497 e. The average molecular weight is 237 g/mol. The van der Waals surface area contributed by atoms with Gasteiger partial charge in [0.05, 0.1) is 25.4 Å². The summed E-state index contributed by atoms with van der Waals surface area (Å²) in [4.78, 5) is 0. The molecule has 0 fully saturated rings. The highest BCUT2D eigenvalue weighted by molar-refractivity contribution is 5.36. The molecule has 2 N–H and O–H groups in total. The van der Waals surface area contributed by atoms with Crippen LogP contribution in [0, 0.1) is 6.92 Å². The first-order chi connectivity index (χ1) is 7.83. The summed E-state index contributed by atoms with van der Waals surface area (Å²) < 4.78 is 10.9. The van der Waals surface area contributed by atoms with E-state index >= 15 is 0 Å². The Hall–Kier alpha value is -1.06. The minimum absolute atomic E-state index is 0.0971. The third-order valence-electron chi connectivity index (χ3n) is 2.57.